The van der Waals surface area contributed by atoms with Gasteiger partial charge in [-0.1, -0.05) is 29.3 Å². The molecule has 0 aliphatic carbocycles. The predicted octanol–water partition coefficient (Wildman–Crippen LogP) is 4.76. The third kappa shape index (κ3) is 3.43. The number of hydrogen-bond donors (Lipinski definition) is 0. The summed E-state index contributed by atoms with van der Waals surface area (Å²) >= 11 is 12.1. The maximum absolute atomic E-state index is 10.6. The Balaban J connectivity index is 2.26. The Morgan fingerprint density at radius 1 is 1.14 bits per heavy atom. The van der Waals surface area contributed by atoms with Crippen molar-refractivity contribution >= 4 is 28.9 Å². The van der Waals surface area contributed by atoms with Crippen LogP contribution in [0.15, 0.2) is 36.4 Å². The summed E-state index contributed by atoms with van der Waals surface area (Å²) in [6.07, 6.45) is 0.149. The van der Waals surface area contributed by atoms with E-state index in [1.165, 1.54) is 24.3 Å². The average Bonchev–Trinajstić information content (AvgIpc) is 2.47. The van der Waals surface area contributed by atoms with E-state index in [-0.39, 0.29) is 22.2 Å². The van der Waals surface area contributed by atoms with Crippen LogP contribution in [0.3, 0.4) is 0 Å². The number of ether oxygens (including phenoxy) is 1. The van der Waals surface area contributed by atoms with Crippen molar-refractivity contribution in [2.45, 2.75) is 6.42 Å². The fourth-order valence-corrected chi connectivity index (χ4v) is 2.08. The molecule has 5 nitrogen and oxygen atoms in total. The first-order valence-electron chi connectivity index (χ1n) is 5.79. The van der Waals surface area contributed by atoms with E-state index in [0.29, 0.717) is 17.1 Å². The van der Waals surface area contributed by atoms with E-state index in [4.69, 9.17) is 33.2 Å². The lowest BCUT2D eigenvalue weighted by atomic mass is 10.1. The lowest BCUT2D eigenvalue weighted by molar-refractivity contribution is -0.384. The van der Waals surface area contributed by atoms with Gasteiger partial charge in [-0.3, -0.25) is 10.1 Å². The van der Waals surface area contributed by atoms with Crippen LogP contribution < -0.4 is 4.74 Å². The van der Waals surface area contributed by atoms with Gasteiger partial charge in [0, 0.05) is 12.1 Å². The second-order valence-electron chi connectivity index (χ2n) is 4.04. The topological polar surface area (TPSA) is 76.2 Å². The van der Waals surface area contributed by atoms with E-state index in [0.717, 1.165) is 0 Å². The highest BCUT2D eigenvalue weighted by Gasteiger charge is 2.12. The number of benzene rings is 2. The first-order chi connectivity index (χ1) is 10.0. The summed E-state index contributed by atoms with van der Waals surface area (Å²) in [6, 6.07) is 10.8. The van der Waals surface area contributed by atoms with Crippen LogP contribution in [0.4, 0.5) is 5.69 Å². The lowest BCUT2D eigenvalue weighted by Gasteiger charge is -2.10. The molecule has 0 radical (unpaired) electrons. The molecule has 0 fully saturated rings. The molecular weight excluding hydrogens is 315 g/mol. The van der Waals surface area contributed by atoms with E-state index in [9.17, 15) is 10.1 Å². The van der Waals surface area contributed by atoms with Gasteiger partial charge >= 0.3 is 0 Å². The van der Waals surface area contributed by atoms with Gasteiger partial charge in [-0.2, -0.15) is 5.26 Å². The summed E-state index contributed by atoms with van der Waals surface area (Å²) in [4.78, 5) is 10.1. The molecule has 0 atom stereocenters. The average molecular weight is 323 g/mol. The first kappa shape index (κ1) is 15.1. The molecular formula is C14H8Cl2N2O3. The first-order valence-corrected chi connectivity index (χ1v) is 6.54. The Kier molecular flexibility index (Phi) is 4.63. The van der Waals surface area contributed by atoms with Crippen molar-refractivity contribution in [2.24, 2.45) is 0 Å². The molecule has 0 heterocycles. The minimum Gasteiger partial charge on any atom is -0.456 e. The molecule has 0 aliphatic heterocycles. The summed E-state index contributed by atoms with van der Waals surface area (Å²) in [5, 5.41) is 19.7. The Morgan fingerprint density at radius 3 is 2.38 bits per heavy atom. The summed E-state index contributed by atoms with van der Waals surface area (Å²) in [5.74, 6) is 0.712. The zero-order valence-electron chi connectivity index (χ0n) is 10.5. The van der Waals surface area contributed by atoms with Gasteiger partial charge in [-0.15, -0.1) is 0 Å². The highest BCUT2D eigenvalue weighted by molar-refractivity contribution is 6.43. The Morgan fingerprint density at radius 2 is 1.81 bits per heavy atom. The molecule has 7 heteroatoms. The van der Waals surface area contributed by atoms with E-state index < -0.39 is 4.92 Å². The number of nitriles is 1. The van der Waals surface area contributed by atoms with Crippen LogP contribution in [0.5, 0.6) is 11.5 Å². The molecule has 0 aliphatic rings. The van der Waals surface area contributed by atoms with Crippen molar-refractivity contribution in [1.29, 1.82) is 5.26 Å². The van der Waals surface area contributed by atoms with Crippen LogP contribution in [0.25, 0.3) is 0 Å². The molecule has 0 spiro atoms. The summed E-state index contributed by atoms with van der Waals surface area (Å²) in [6.45, 7) is 0. The zero-order valence-corrected chi connectivity index (χ0v) is 12.1. The fourth-order valence-electron chi connectivity index (χ4n) is 1.64. The van der Waals surface area contributed by atoms with Crippen molar-refractivity contribution in [1.82, 2.24) is 0 Å². The van der Waals surface area contributed by atoms with Gasteiger partial charge in [-0.05, 0) is 23.8 Å². The van der Waals surface area contributed by atoms with Gasteiger partial charge in [0.1, 0.15) is 16.5 Å². The van der Waals surface area contributed by atoms with Gasteiger partial charge in [0.25, 0.3) is 5.69 Å². The van der Waals surface area contributed by atoms with Crippen molar-refractivity contribution in [2.75, 3.05) is 0 Å². The van der Waals surface area contributed by atoms with Gasteiger partial charge in [0.05, 0.1) is 22.4 Å². The molecule has 0 aromatic heterocycles. The molecule has 2 rings (SSSR count). The molecule has 0 bridgehead atoms. The standard InChI is InChI=1S/C14H8Cl2N2O3/c15-13-9(7-8-17)1-6-12(14(13)16)21-11-4-2-10(3-5-11)18(19)20/h1-6H,7H2. The van der Waals surface area contributed by atoms with Crippen molar-refractivity contribution in [3.63, 3.8) is 0 Å². The van der Waals surface area contributed by atoms with Gasteiger partial charge < -0.3 is 4.74 Å². The van der Waals surface area contributed by atoms with E-state index in [2.05, 4.69) is 0 Å². The lowest BCUT2D eigenvalue weighted by Crippen LogP contribution is -1.91. The molecule has 2 aromatic rings. The number of non-ortho nitro benzene ring substituents is 1. The van der Waals surface area contributed by atoms with E-state index in [1.807, 2.05) is 6.07 Å². The molecule has 2 aromatic carbocycles. The normalized spacial score (nSPS) is 9.95. The van der Waals surface area contributed by atoms with Crippen molar-refractivity contribution in [3.8, 4) is 17.6 Å². The Labute approximate surface area is 130 Å². The van der Waals surface area contributed by atoms with Gasteiger partial charge in [0.2, 0.25) is 0 Å². The largest absolute Gasteiger partial charge is 0.456 e. The van der Waals surface area contributed by atoms with E-state index in [1.54, 1.807) is 12.1 Å². The van der Waals surface area contributed by atoms with Crippen molar-refractivity contribution in [3.05, 3.63) is 62.1 Å². The highest BCUT2D eigenvalue weighted by Crippen LogP contribution is 2.37. The maximum Gasteiger partial charge on any atom is 0.269 e. The highest BCUT2D eigenvalue weighted by atomic mass is 35.5. The van der Waals surface area contributed by atoms with Crippen LogP contribution in [0, 0.1) is 21.4 Å². The van der Waals surface area contributed by atoms with Crippen LogP contribution in [0.2, 0.25) is 10.0 Å². The SMILES string of the molecule is N#CCc1ccc(Oc2ccc([N+](=O)[O-])cc2)c(Cl)c1Cl. The zero-order chi connectivity index (χ0) is 15.4. The molecule has 0 N–H and O–H groups in total. The minimum atomic E-state index is -0.496. The maximum atomic E-state index is 10.6. The van der Waals surface area contributed by atoms with Crippen LogP contribution in [0.1, 0.15) is 5.56 Å². The summed E-state index contributed by atoms with van der Waals surface area (Å²) in [5.41, 5.74) is 0.580. The smallest absolute Gasteiger partial charge is 0.269 e. The van der Waals surface area contributed by atoms with Gasteiger partial charge in [0.15, 0.2) is 0 Å². The van der Waals surface area contributed by atoms with Crippen LogP contribution in [-0.4, -0.2) is 4.92 Å². The van der Waals surface area contributed by atoms with Crippen molar-refractivity contribution < 1.29 is 9.66 Å². The number of nitro benzene ring substituents is 1. The molecule has 0 saturated carbocycles. The molecule has 0 saturated heterocycles. The van der Waals surface area contributed by atoms with Crippen LogP contribution in [-0.2, 0) is 6.42 Å². The van der Waals surface area contributed by atoms with Crippen LogP contribution >= 0.6 is 23.2 Å². The summed E-state index contributed by atoms with van der Waals surface area (Å²) in [7, 11) is 0. The Bertz CT molecular complexity index is 724. The quantitative estimate of drug-likeness (QED) is 0.600. The third-order valence-corrected chi connectivity index (χ3v) is 3.58. The molecule has 106 valence electrons. The second kappa shape index (κ2) is 6.44. The second-order valence-corrected chi connectivity index (χ2v) is 4.79. The molecule has 0 amide bonds. The van der Waals surface area contributed by atoms with Gasteiger partial charge in [-0.25, -0.2) is 0 Å². The fraction of sp³-hybridized carbons (Fsp3) is 0.0714. The number of hydrogen-bond acceptors (Lipinski definition) is 4. The molecule has 21 heavy (non-hydrogen) atoms. The number of rotatable bonds is 4. The number of nitro groups is 1. The summed E-state index contributed by atoms with van der Waals surface area (Å²) < 4.78 is 5.54. The third-order valence-electron chi connectivity index (χ3n) is 2.67. The number of halogens is 2. The Hall–Kier alpha value is -2.29. The minimum absolute atomic E-state index is 0.0316. The van der Waals surface area contributed by atoms with E-state index >= 15 is 0 Å². The predicted molar refractivity (Wildman–Crippen MR) is 78.9 cm³/mol. The monoisotopic (exact) mass is 322 g/mol. The molecule has 0 unspecified atom stereocenters. The number of nitrogens with zero attached hydrogens (tertiary/aromatic N) is 2.